The fraction of sp³-hybridized carbons (Fsp3) is 0.464. The van der Waals surface area contributed by atoms with E-state index in [1.165, 1.54) is 16.7 Å². The number of likely N-dealkylation sites (tertiary alicyclic amines) is 1. The van der Waals surface area contributed by atoms with E-state index in [0.717, 1.165) is 38.2 Å². The van der Waals surface area contributed by atoms with Crippen molar-refractivity contribution in [2.45, 2.75) is 43.7 Å². The van der Waals surface area contributed by atoms with Crippen molar-refractivity contribution in [2.24, 2.45) is 5.41 Å². The van der Waals surface area contributed by atoms with Crippen LogP contribution in [0.1, 0.15) is 43.0 Å². The molecule has 35 heavy (non-hydrogen) atoms. The number of thioether (sulfide) groups is 1. The van der Waals surface area contributed by atoms with Gasteiger partial charge in [0.25, 0.3) is 0 Å². The number of aliphatic hydroxyl groups excluding tert-OH is 1. The number of aryl methyl sites for hydroxylation is 1. The molecule has 0 radical (unpaired) electrons. The van der Waals surface area contributed by atoms with Gasteiger partial charge < -0.3 is 14.7 Å². The number of benzene rings is 2. The van der Waals surface area contributed by atoms with E-state index in [-0.39, 0.29) is 12.0 Å². The topological polar surface area (TPSA) is 45.6 Å². The molecule has 7 heteroatoms. The van der Waals surface area contributed by atoms with Gasteiger partial charge in [0.15, 0.2) is 0 Å². The second-order valence-electron chi connectivity index (χ2n) is 9.57. The molecular weight excluding hydrogens is 483 g/mol. The van der Waals surface area contributed by atoms with Crippen molar-refractivity contribution >= 4 is 34.3 Å². The molecule has 1 N–H and O–H groups in total. The first kappa shape index (κ1) is 26.2. The lowest BCUT2D eigenvalue weighted by Gasteiger charge is -2.41. The maximum atomic E-state index is 15.6. The highest BCUT2D eigenvalue weighted by Gasteiger charge is 2.35. The molecule has 0 amide bonds. The number of pyridine rings is 1. The first-order chi connectivity index (χ1) is 16.9. The van der Waals surface area contributed by atoms with E-state index in [0.29, 0.717) is 40.1 Å². The number of hydrogen-bond donors (Lipinski definition) is 1. The molecule has 0 bridgehead atoms. The SMILES string of the molecule is COc1ccc2ncc(Cl)c([C@@H](F)CCC3(CO)CCN(CCSc4cccc(C)c4)CC3)c2c1. The molecule has 0 aliphatic carbocycles. The molecule has 0 saturated carbocycles. The first-order valence-corrected chi connectivity index (χ1v) is 13.6. The van der Waals surface area contributed by atoms with Crippen molar-refractivity contribution in [3.63, 3.8) is 0 Å². The van der Waals surface area contributed by atoms with Crippen LogP contribution in [0.25, 0.3) is 10.9 Å². The van der Waals surface area contributed by atoms with Crippen LogP contribution in [0.4, 0.5) is 4.39 Å². The van der Waals surface area contributed by atoms with Crippen LogP contribution in [-0.4, -0.2) is 54.1 Å². The Morgan fingerprint density at radius 2 is 2.03 bits per heavy atom. The second-order valence-corrected chi connectivity index (χ2v) is 11.1. The van der Waals surface area contributed by atoms with Crippen LogP contribution in [0.15, 0.2) is 53.6 Å². The van der Waals surface area contributed by atoms with Crippen LogP contribution in [0, 0.1) is 12.3 Å². The lowest BCUT2D eigenvalue weighted by molar-refractivity contribution is 0.0323. The van der Waals surface area contributed by atoms with E-state index in [9.17, 15) is 5.11 Å². The zero-order chi connectivity index (χ0) is 24.8. The third kappa shape index (κ3) is 6.48. The summed E-state index contributed by atoms with van der Waals surface area (Å²) in [5, 5.41) is 11.3. The Labute approximate surface area is 216 Å². The largest absolute Gasteiger partial charge is 0.497 e. The van der Waals surface area contributed by atoms with Gasteiger partial charge >= 0.3 is 0 Å². The van der Waals surface area contributed by atoms with Crippen molar-refractivity contribution in [3.8, 4) is 5.75 Å². The molecule has 2 heterocycles. The Bertz CT molecular complexity index is 1140. The lowest BCUT2D eigenvalue weighted by atomic mass is 9.74. The summed E-state index contributed by atoms with van der Waals surface area (Å²) in [6, 6.07) is 14.0. The van der Waals surface area contributed by atoms with Crippen LogP contribution in [0.2, 0.25) is 5.02 Å². The van der Waals surface area contributed by atoms with E-state index >= 15 is 4.39 Å². The highest BCUT2D eigenvalue weighted by Crippen LogP contribution is 2.42. The highest BCUT2D eigenvalue weighted by molar-refractivity contribution is 7.99. The summed E-state index contributed by atoms with van der Waals surface area (Å²) in [6.07, 6.45) is 2.99. The van der Waals surface area contributed by atoms with Gasteiger partial charge in [-0.1, -0.05) is 29.3 Å². The van der Waals surface area contributed by atoms with Gasteiger partial charge in [-0.2, -0.15) is 0 Å². The van der Waals surface area contributed by atoms with Gasteiger partial charge in [-0.15, -0.1) is 11.8 Å². The van der Waals surface area contributed by atoms with E-state index in [1.54, 1.807) is 13.2 Å². The predicted molar refractivity (Wildman–Crippen MR) is 143 cm³/mol. The Balaban J connectivity index is 1.33. The predicted octanol–water partition coefficient (Wildman–Crippen LogP) is 6.86. The number of methoxy groups -OCH3 is 1. The number of aliphatic hydroxyl groups is 1. The van der Waals surface area contributed by atoms with Gasteiger partial charge in [-0.05, 0) is 81.4 Å². The Morgan fingerprint density at radius 1 is 1.23 bits per heavy atom. The van der Waals surface area contributed by atoms with Gasteiger partial charge in [0.2, 0.25) is 0 Å². The van der Waals surface area contributed by atoms with Crippen LogP contribution >= 0.6 is 23.4 Å². The average molecular weight is 517 g/mol. The summed E-state index contributed by atoms with van der Waals surface area (Å²) < 4.78 is 20.9. The van der Waals surface area contributed by atoms with Crippen LogP contribution in [0.5, 0.6) is 5.75 Å². The van der Waals surface area contributed by atoms with Gasteiger partial charge in [0.05, 0.1) is 17.6 Å². The summed E-state index contributed by atoms with van der Waals surface area (Å²) in [4.78, 5) is 8.10. The fourth-order valence-electron chi connectivity index (χ4n) is 4.93. The third-order valence-corrected chi connectivity index (χ3v) is 8.50. The average Bonchev–Trinajstić information content (AvgIpc) is 2.88. The van der Waals surface area contributed by atoms with Crippen LogP contribution in [-0.2, 0) is 0 Å². The van der Waals surface area contributed by atoms with E-state index in [1.807, 2.05) is 23.9 Å². The summed E-state index contributed by atoms with van der Waals surface area (Å²) in [6.45, 7) is 5.09. The van der Waals surface area contributed by atoms with Crippen molar-refractivity contribution in [1.82, 2.24) is 9.88 Å². The molecule has 4 nitrogen and oxygen atoms in total. The normalized spacial score (nSPS) is 16.9. The summed E-state index contributed by atoms with van der Waals surface area (Å²) in [7, 11) is 1.59. The van der Waals surface area contributed by atoms with Crippen molar-refractivity contribution < 1.29 is 14.2 Å². The molecule has 1 aromatic heterocycles. The molecular formula is C28H34ClFN2O2S. The Hall–Kier alpha value is -1.86. The monoisotopic (exact) mass is 516 g/mol. The molecule has 1 atom stereocenters. The van der Waals surface area contributed by atoms with Crippen molar-refractivity contribution in [2.75, 3.05) is 39.1 Å². The van der Waals surface area contributed by atoms with E-state index < -0.39 is 6.17 Å². The summed E-state index contributed by atoms with van der Waals surface area (Å²) >= 11 is 8.29. The summed E-state index contributed by atoms with van der Waals surface area (Å²) in [5.74, 6) is 1.69. The Morgan fingerprint density at radius 3 is 2.74 bits per heavy atom. The minimum Gasteiger partial charge on any atom is -0.497 e. The van der Waals surface area contributed by atoms with Crippen LogP contribution < -0.4 is 4.74 Å². The fourth-order valence-corrected chi connectivity index (χ4v) is 6.22. The molecule has 188 valence electrons. The molecule has 3 aromatic rings. The quantitative estimate of drug-likeness (QED) is 0.298. The lowest BCUT2D eigenvalue weighted by Crippen LogP contribution is -2.42. The molecule has 1 saturated heterocycles. The molecule has 2 aromatic carbocycles. The van der Waals surface area contributed by atoms with Crippen molar-refractivity contribution in [1.29, 1.82) is 0 Å². The number of hydrogen-bond acceptors (Lipinski definition) is 5. The number of rotatable bonds is 10. The molecule has 1 fully saturated rings. The van der Waals surface area contributed by atoms with Crippen LogP contribution in [0.3, 0.4) is 0 Å². The van der Waals surface area contributed by atoms with Gasteiger partial charge in [0, 0.05) is 40.9 Å². The minimum absolute atomic E-state index is 0.0875. The molecule has 0 spiro atoms. The number of ether oxygens (including phenoxy) is 1. The number of nitrogens with zero attached hydrogens (tertiary/aromatic N) is 2. The number of piperidine rings is 1. The van der Waals surface area contributed by atoms with E-state index in [4.69, 9.17) is 16.3 Å². The maximum absolute atomic E-state index is 15.6. The Kier molecular flexibility index (Phi) is 8.92. The van der Waals surface area contributed by atoms with Gasteiger partial charge in [0.1, 0.15) is 11.9 Å². The number of alkyl halides is 1. The van der Waals surface area contributed by atoms with Crippen molar-refractivity contribution in [3.05, 3.63) is 64.8 Å². The number of halogens is 2. The zero-order valence-corrected chi connectivity index (χ0v) is 22.0. The number of fused-ring (bicyclic) bond motifs is 1. The summed E-state index contributed by atoms with van der Waals surface area (Å²) in [5.41, 5.74) is 2.21. The highest BCUT2D eigenvalue weighted by atomic mass is 35.5. The maximum Gasteiger partial charge on any atom is 0.127 e. The van der Waals surface area contributed by atoms with Gasteiger partial charge in [-0.3, -0.25) is 4.98 Å². The number of aromatic nitrogens is 1. The third-order valence-electron chi connectivity index (χ3n) is 7.23. The standard InChI is InChI=1S/C28H34ClFN2O2S/c1-20-4-3-5-22(16-20)35-15-14-32-12-10-28(19-33,11-13-32)9-8-25(30)27-23-17-21(34-2)6-7-26(23)31-18-24(27)29/h3-7,16-18,25,33H,8-15,19H2,1-2H3/t25-/m0/s1. The molecule has 1 aliphatic rings. The smallest absolute Gasteiger partial charge is 0.127 e. The minimum atomic E-state index is -1.23. The second kappa shape index (κ2) is 11.9. The molecule has 1 aliphatic heterocycles. The molecule has 0 unspecified atom stereocenters. The zero-order valence-electron chi connectivity index (χ0n) is 20.5. The first-order valence-electron chi connectivity index (χ1n) is 12.2. The molecule has 4 rings (SSSR count). The van der Waals surface area contributed by atoms with Gasteiger partial charge in [-0.25, -0.2) is 4.39 Å². The van der Waals surface area contributed by atoms with E-state index in [2.05, 4.69) is 41.1 Å².